The van der Waals surface area contributed by atoms with Crippen molar-refractivity contribution in [1.82, 2.24) is 9.55 Å². The molecule has 4 N–H and O–H groups in total. The Labute approximate surface area is 241 Å². The molecule has 0 radical (unpaired) electrons. The van der Waals surface area contributed by atoms with E-state index in [-0.39, 0.29) is 12.0 Å². The van der Waals surface area contributed by atoms with Gasteiger partial charge in [-0.25, -0.2) is 9.36 Å². The minimum Gasteiger partial charge on any atom is -0.497 e. The summed E-state index contributed by atoms with van der Waals surface area (Å²) in [7, 11) is -3.53. The lowest BCUT2D eigenvalue weighted by Crippen LogP contribution is -2.51. The quantitative estimate of drug-likeness (QED) is 0.169. The summed E-state index contributed by atoms with van der Waals surface area (Å²) in [6, 6.07) is 25.5. The molecule has 1 saturated heterocycles. The highest BCUT2D eigenvalue weighted by Crippen LogP contribution is 2.50. The van der Waals surface area contributed by atoms with Crippen LogP contribution in [0.25, 0.3) is 0 Å². The van der Waals surface area contributed by atoms with Gasteiger partial charge in [-0.15, -0.1) is 0 Å². The number of nitrogens with zero attached hydrogens (tertiary/aromatic N) is 1. The second-order valence-electron chi connectivity index (χ2n) is 10.1. The van der Waals surface area contributed by atoms with Crippen LogP contribution in [0.15, 0.2) is 101 Å². The number of benzene rings is 3. The molecule has 1 fully saturated rings. The molecule has 42 heavy (non-hydrogen) atoms. The largest absolute Gasteiger partial charge is 0.497 e. The zero-order valence-electron chi connectivity index (χ0n) is 22.9. The zero-order chi connectivity index (χ0) is 30.1. The van der Waals surface area contributed by atoms with Crippen LogP contribution >= 0.6 is 7.82 Å². The molecule has 11 nitrogen and oxygen atoms in total. The first-order chi connectivity index (χ1) is 20.0. The molecule has 1 aromatic heterocycles. The van der Waals surface area contributed by atoms with Crippen LogP contribution in [-0.2, 0) is 19.2 Å². The predicted octanol–water partition coefficient (Wildman–Crippen LogP) is 3.01. The number of aryl methyl sites for hydroxylation is 1. The Balaban J connectivity index is 1.72. The topological polar surface area (TPSA) is 160 Å². The lowest BCUT2D eigenvalue weighted by Gasteiger charge is -2.43. The van der Waals surface area contributed by atoms with E-state index < -0.39 is 49.0 Å². The SMILES string of the molecule is COc1ccc(C(c2ccccc2)(c2ccccc2)C(O)[C@H]2O[C@@H](n3cc(C)c(=O)[nH]c3=O)C[C@@H]2OP(=O)(O)O)cc1. The van der Waals surface area contributed by atoms with Crippen molar-refractivity contribution < 1.29 is 33.5 Å². The van der Waals surface area contributed by atoms with Gasteiger partial charge in [-0.2, -0.15) is 0 Å². The molecule has 5 rings (SSSR count). The van der Waals surface area contributed by atoms with Crippen molar-refractivity contribution in [2.75, 3.05) is 7.11 Å². The van der Waals surface area contributed by atoms with Crippen LogP contribution in [0.4, 0.5) is 0 Å². The Morgan fingerprint density at radius 3 is 2.02 bits per heavy atom. The minimum atomic E-state index is -5.07. The molecule has 12 heteroatoms. The fourth-order valence-electron chi connectivity index (χ4n) is 5.71. The van der Waals surface area contributed by atoms with Crippen LogP contribution in [0.3, 0.4) is 0 Å². The molecular formula is C30H31N2O9P. The summed E-state index contributed by atoms with van der Waals surface area (Å²) in [5.74, 6) is 0.593. The molecule has 4 aromatic rings. The first-order valence-corrected chi connectivity index (χ1v) is 14.7. The van der Waals surface area contributed by atoms with Crippen molar-refractivity contribution in [2.24, 2.45) is 0 Å². The van der Waals surface area contributed by atoms with Crippen molar-refractivity contribution in [3.63, 3.8) is 0 Å². The molecule has 1 aliphatic rings. The number of aromatic amines is 1. The standard InChI is InChI=1S/C30H31N2O9P/c1-19-18-32(29(35)31-28(19)34)25-17-24(41-42(36,37)38)26(40-25)27(33)30(20-9-5-3-6-10-20,21-11-7-4-8-12-21)22-13-15-23(39-2)16-14-22/h3-16,18,24-27,33H,17H2,1-2H3,(H,31,34,35)(H2,36,37,38)/t24-,25+,26-,27?/m0/s1. The average molecular weight is 595 g/mol. The van der Waals surface area contributed by atoms with Gasteiger partial charge in [-0.3, -0.25) is 18.9 Å². The first-order valence-electron chi connectivity index (χ1n) is 13.2. The van der Waals surface area contributed by atoms with E-state index in [2.05, 4.69) is 4.98 Å². The number of H-pyrrole nitrogens is 1. The number of aliphatic hydroxyl groups excluding tert-OH is 1. The van der Waals surface area contributed by atoms with Crippen molar-refractivity contribution in [1.29, 1.82) is 0 Å². The summed E-state index contributed by atoms with van der Waals surface area (Å²) in [4.78, 5) is 46.5. The van der Waals surface area contributed by atoms with Gasteiger partial charge >= 0.3 is 13.5 Å². The molecule has 220 valence electrons. The predicted molar refractivity (Wildman–Crippen MR) is 153 cm³/mol. The van der Waals surface area contributed by atoms with Crippen molar-refractivity contribution >= 4 is 7.82 Å². The molecule has 0 aliphatic carbocycles. The van der Waals surface area contributed by atoms with Gasteiger partial charge in [0.15, 0.2) is 0 Å². The highest BCUT2D eigenvalue weighted by Gasteiger charge is 2.54. The summed E-state index contributed by atoms with van der Waals surface area (Å²) in [5, 5.41) is 12.5. The van der Waals surface area contributed by atoms with Gasteiger partial charge in [-0.05, 0) is 35.7 Å². The number of hydrogen-bond donors (Lipinski definition) is 4. The molecule has 0 bridgehead atoms. The summed E-state index contributed by atoms with van der Waals surface area (Å²) in [5.41, 5.74) is -0.450. The van der Waals surface area contributed by atoms with Gasteiger partial charge in [0.1, 0.15) is 30.3 Å². The van der Waals surface area contributed by atoms with E-state index in [1.54, 1.807) is 19.2 Å². The van der Waals surface area contributed by atoms with E-state index in [4.69, 9.17) is 14.0 Å². The normalized spacial score (nSPS) is 19.9. The summed E-state index contributed by atoms with van der Waals surface area (Å²) >= 11 is 0. The lowest BCUT2D eigenvalue weighted by molar-refractivity contribution is -0.0964. The molecule has 0 saturated carbocycles. The monoisotopic (exact) mass is 594 g/mol. The second kappa shape index (κ2) is 11.8. The number of phosphoric acid groups is 1. The Morgan fingerprint density at radius 1 is 0.952 bits per heavy atom. The van der Waals surface area contributed by atoms with Crippen LogP contribution in [0, 0.1) is 6.92 Å². The van der Waals surface area contributed by atoms with E-state index in [0.717, 1.165) is 4.57 Å². The Kier molecular flexibility index (Phi) is 8.34. The van der Waals surface area contributed by atoms with Crippen LogP contribution in [0.2, 0.25) is 0 Å². The second-order valence-corrected chi connectivity index (χ2v) is 11.3. The van der Waals surface area contributed by atoms with E-state index in [1.807, 2.05) is 72.8 Å². The van der Waals surface area contributed by atoms with Gasteiger partial charge < -0.3 is 24.4 Å². The number of hydrogen-bond acceptors (Lipinski definition) is 7. The maximum atomic E-state index is 12.7. The van der Waals surface area contributed by atoms with Gasteiger partial charge in [0.2, 0.25) is 0 Å². The average Bonchev–Trinajstić information content (AvgIpc) is 3.38. The number of methoxy groups -OCH3 is 1. The summed E-state index contributed by atoms with van der Waals surface area (Å²) < 4.78 is 30.0. The maximum Gasteiger partial charge on any atom is 0.469 e. The van der Waals surface area contributed by atoms with Crippen molar-refractivity contribution in [3.05, 3.63) is 134 Å². The lowest BCUT2D eigenvalue weighted by atomic mass is 9.64. The molecule has 0 amide bonds. The van der Waals surface area contributed by atoms with Crippen LogP contribution in [-0.4, -0.2) is 49.9 Å². The summed E-state index contributed by atoms with van der Waals surface area (Å²) in [6.07, 6.45) is -4.18. The minimum absolute atomic E-state index is 0.194. The van der Waals surface area contributed by atoms with E-state index in [1.165, 1.54) is 13.1 Å². The van der Waals surface area contributed by atoms with E-state index >= 15 is 0 Å². The smallest absolute Gasteiger partial charge is 0.469 e. The molecule has 0 spiro atoms. The van der Waals surface area contributed by atoms with Gasteiger partial charge in [0, 0.05) is 18.2 Å². The van der Waals surface area contributed by atoms with E-state index in [0.29, 0.717) is 22.4 Å². The molecule has 4 atom stereocenters. The number of ether oxygens (including phenoxy) is 2. The Bertz CT molecular complexity index is 1640. The van der Waals surface area contributed by atoms with Crippen LogP contribution in [0.5, 0.6) is 5.75 Å². The third-order valence-corrected chi connectivity index (χ3v) is 8.15. The molecule has 1 aliphatic heterocycles. The van der Waals surface area contributed by atoms with Crippen molar-refractivity contribution in [2.45, 2.75) is 43.3 Å². The van der Waals surface area contributed by atoms with E-state index in [9.17, 15) is 29.0 Å². The molecular weight excluding hydrogens is 563 g/mol. The fraction of sp³-hybridized carbons (Fsp3) is 0.267. The number of aromatic nitrogens is 2. The van der Waals surface area contributed by atoms with Gasteiger partial charge in [0.05, 0.1) is 12.5 Å². The molecule has 3 aromatic carbocycles. The van der Waals surface area contributed by atoms with Crippen LogP contribution < -0.4 is 16.0 Å². The number of nitrogens with one attached hydrogen (secondary N) is 1. The fourth-order valence-corrected chi connectivity index (χ4v) is 6.27. The highest BCUT2D eigenvalue weighted by atomic mass is 31.2. The molecule has 1 unspecified atom stereocenters. The Morgan fingerprint density at radius 2 is 1.50 bits per heavy atom. The van der Waals surface area contributed by atoms with Gasteiger partial charge in [-0.1, -0.05) is 72.8 Å². The number of phosphoric ester groups is 1. The third-order valence-electron chi connectivity index (χ3n) is 7.60. The first kappa shape index (κ1) is 29.7. The third kappa shape index (κ3) is 5.63. The van der Waals surface area contributed by atoms with Gasteiger partial charge in [0.25, 0.3) is 5.56 Å². The Hall–Kier alpha value is -3.83. The summed E-state index contributed by atoms with van der Waals surface area (Å²) in [6.45, 7) is 1.51. The maximum absolute atomic E-state index is 12.7. The zero-order valence-corrected chi connectivity index (χ0v) is 23.8. The highest BCUT2D eigenvalue weighted by molar-refractivity contribution is 7.46. The number of rotatable bonds is 9. The molecule has 2 heterocycles. The van der Waals surface area contributed by atoms with Crippen LogP contribution in [0.1, 0.15) is 34.9 Å². The number of aliphatic hydroxyl groups is 1. The van der Waals surface area contributed by atoms with Crippen molar-refractivity contribution in [3.8, 4) is 5.75 Å².